The van der Waals surface area contributed by atoms with E-state index < -0.39 is 0 Å². The van der Waals surface area contributed by atoms with Gasteiger partial charge in [0, 0.05) is 12.1 Å². The number of amides is 1. The van der Waals surface area contributed by atoms with Crippen LogP contribution < -0.4 is 10.6 Å². The minimum atomic E-state index is -0.250. The Bertz CT molecular complexity index is 204. The summed E-state index contributed by atoms with van der Waals surface area (Å²) in [6.45, 7) is 1.57. The van der Waals surface area contributed by atoms with Crippen LogP contribution in [0.4, 0.5) is 4.79 Å². The van der Waals surface area contributed by atoms with E-state index in [4.69, 9.17) is 4.74 Å². The number of nitrogens with one attached hydrogen (secondary N) is 2. The highest BCUT2D eigenvalue weighted by Gasteiger charge is 2.24. The summed E-state index contributed by atoms with van der Waals surface area (Å²) in [6, 6.07) is 0.760. The van der Waals surface area contributed by atoms with E-state index in [9.17, 15) is 4.79 Å². The first-order valence-corrected chi connectivity index (χ1v) is 5.51. The number of hydrogen-bond acceptors (Lipinski definition) is 3. The Kier molecular flexibility index (Phi) is 5.19. The maximum Gasteiger partial charge on any atom is 0.407 e. The van der Waals surface area contributed by atoms with Crippen molar-refractivity contribution in [2.45, 2.75) is 44.2 Å². The Hall–Kier alpha value is -0.480. The van der Waals surface area contributed by atoms with Crippen LogP contribution in [0.5, 0.6) is 0 Å². The predicted octanol–water partition coefficient (Wildman–Crippen LogP) is 1.44. The van der Waals surface area contributed by atoms with Gasteiger partial charge >= 0.3 is 6.09 Å². The molecule has 2 N–H and O–H groups in total. The van der Waals surface area contributed by atoms with E-state index in [1.165, 1.54) is 12.8 Å². The average Bonchev–Trinajstić information content (AvgIpc) is 3.00. The molecule has 0 spiro atoms. The van der Waals surface area contributed by atoms with Crippen LogP contribution in [0.1, 0.15) is 32.1 Å². The topological polar surface area (TPSA) is 50.4 Å². The summed E-state index contributed by atoms with van der Waals surface area (Å²) in [6.07, 6.45) is 5.57. The lowest BCUT2D eigenvalue weighted by molar-refractivity contribution is 0.127. The van der Waals surface area contributed by atoms with Gasteiger partial charge in [-0.05, 0) is 32.2 Å². The van der Waals surface area contributed by atoms with Crippen LogP contribution >= 0.6 is 12.4 Å². The third kappa shape index (κ3) is 4.71. The SMILES string of the molecule is Cl.O=C(NC1CC1)OCC1CCCCN1. The number of ether oxygens (including phenoxy) is 1. The summed E-state index contributed by atoms with van der Waals surface area (Å²) in [5.74, 6) is 0. The first-order chi connectivity index (χ1) is 6.84. The number of carbonyl (C=O) groups is 1. The van der Waals surface area contributed by atoms with E-state index in [0.29, 0.717) is 18.7 Å². The van der Waals surface area contributed by atoms with Gasteiger partial charge in [-0.15, -0.1) is 12.4 Å². The number of carbonyl (C=O) groups excluding carboxylic acids is 1. The number of piperidine rings is 1. The van der Waals surface area contributed by atoms with Gasteiger partial charge in [0.1, 0.15) is 6.61 Å². The van der Waals surface area contributed by atoms with Crippen molar-refractivity contribution in [1.29, 1.82) is 0 Å². The van der Waals surface area contributed by atoms with Crippen molar-refractivity contribution in [2.24, 2.45) is 0 Å². The number of hydrogen-bond donors (Lipinski definition) is 2. The molecule has 1 atom stereocenters. The molecule has 2 aliphatic rings. The normalized spacial score (nSPS) is 25.2. The highest BCUT2D eigenvalue weighted by atomic mass is 35.5. The molecule has 5 heteroatoms. The van der Waals surface area contributed by atoms with Crippen LogP contribution in [0.25, 0.3) is 0 Å². The van der Waals surface area contributed by atoms with E-state index in [-0.39, 0.29) is 18.5 Å². The molecule has 88 valence electrons. The van der Waals surface area contributed by atoms with Crippen LogP contribution in [0.15, 0.2) is 0 Å². The van der Waals surface area contributed by atoms with Crippen LogP contribution in [-0.4, -0.2) is 31.3 Å². The van der Waals surface area contributed by atoms with Gasteiger partial charge in [-0.2, -0.15) is 0 Å². The van der Waals surface area contributed by atoms with Crippen molar-refractivity contribution in [2.75, 3.05) is 13.2 Å². The Morgan fingerprint density at radius 3 is 2.73 bits per heavy atom. The number of alkyl carbamates (subject to hydrolysis) is 1. The second-order valence-electron chi connectivity index (χ2n) is 4.16. The average molecular weight is 235 g/mol. The van der Waals surface area contributed by atoms with Crippen LogP contribution in [-0.2, 0) is 4.74 Å². The fourth-order valence-corrected chi connectivity index (χ4v) is 1.68. The van der Waals surface area contributed by atoms with Gasteiger partial charge in [0.25, 0.3) is 0 Å². The zero-order valence-corrected chi connectivity index (χ0v) is 9.65. The lowest BCUT2D eigenvalue weighted by atomic mass is 10.1. The van der Waals surface area contributed by atoms with Crippen molar-refractivity contribution < 1.29 is 9.53 Å². The zero-order valence-electron chi connectivity index (χ0n) is 8.83. The van der Waals surface area contributed by atoms with Crippen LogP contribution in [0.2, 0.25) is 0 Å². The maximum absolute atomic E-state index is 11.2. The first kappa shape index (κ1) is 12.6. The molecule has 0 aromatic rings. The molecule has 1 saturated heterocycles. The molecule has 0 bridgehead atoms. The molecule has 0 radical (unpaired) electrons. The molecule has 4 nitrogen and oxygen atoms in total. The smallest absolute Gasteiger partial charge is 0.407 e. The van der Waals surface area contributed by atoms with Gasteiger partial charge in [-0.3, -0.25) is 0 Å². The molecular weight excluding hydrogens is 216 g/mol. The highest BCUT2D eigenvalue weighted by molar-refractivity contribution is 5.85. The van der Waals surface area contributed by atoms with Crippen molar-refractivity contribution >= 4 is 18.5 Å². The lowest BCUT2D eigenvalue weighted by Gasteiger charge is -2.22. The Balaban J connectivity index is 0.00000112. The fourth-order valence-electron chi connectivity index (χ4n) is 1.68. The van der Waals surface area contributed by atoms with Gasteiger partial charge in [0.15, 0.2) is 0 Å². The molecule has 1 aliphatic carbocycles. The molecular formula is C10H19ClN2O2. The molecule has 1 unspecified atom stereocenters. The molecule has 0 aromatic heterocycles. The van der Waals surface area contributed by atoms with E-state index in [0.717, 1.165) is 25.8 Å². The first-order valence-electron chi connectivity index (χ1n) is 5.51. The quantitative estimate of drug-likeness (QED) is 0.777. The third-order valence-corrected chi connectivity index (χ3v) is 2.73. The molecule has 2 rings (SSSR count). The summed E-state index contributed by atoms with van der Waals surface area (Å²) in [7, 11) is 0. The number of rotatable bonds is 3. The van der Waals surface area contributed by atoms with Gasteiger partial charge in [-0.1, -0.05) is 6.42 Å². The maximum atomic E-state index is 11.2. The summed E-state index contributed by atoms with van der Waals surface area (Å²) in [5, 5.41) is 6.14. The van der Waals surface area contributed by atoms with E-state index in [2.05, 4.69) is 10.6 Å². The van der Waals surface area contributed by atoms with Crippen molar-refractivity contribution in [3.63, 3.8) is 0 Å². The van der Waals surface area contributed by atoms with E-state index >= 15 is 0 Å². The van der Waals surface area contributed by atoms with Gasteiger partial charge in [-0.25, -0.2) is 4.79 Å². The van der Waals surface area contributed by atoms with Gasteiger partial charge < -0.3 is 15.4 Å². The molecule has 1 heterocycles. The minimum absolute atomic E-state index is 0. The molecule has 1 saturated carbocycles. The molecule has 1 aliphatic heterocycles. The lowest BCUT2D eigenvalue weighted by Crippen LogP contribution is -2.39. The fraction of sp³-hybridized carbons (Fsp3) is 0.900. The highest BCUT2D eigenvalue weighted by Crippen LogP contribution is 2.18. The van der Waals surface area contributed by atoms with Crippen molar-refractivity contribution in [3.05, 3.63) is 0 Å². The summed E-state index contributed by atoms with van der Waals surface area (Å²) in [4.78, 5) is 11.2. The summed E-state index contributed by atoms with van der Waals surface area (Å²) >= 11 is 0. The van der Waals surface area contributed by atoms with E-state index in [1.54, 1.807) is 0 Å². The molecule has 0 aromatic carbocycles. The van der Waals surface area contributed by atoms with Crippen molar-refractivity contribution in [3.8, 4) is 0 Å². The Labute approximate surface area is 96.5 Å². The predicted molar refractivity (Wildman–Crippen MR) is 60.4 cm³/mol. The Morgan fingerprint density at radius 1 is 1.33 bits per heavy atom. The molecule has 15 heavy (non-hydrogen) atoms. The second kappa shape index (κ2) is 6.18. The van der Waals surface area contributed by atoms with Crippen LogP contribution in [0, 0.1) is 0 Å². The zero-order chi connectivity index (χ0) is 9.80. The minimum Gasteiger partial charge on any atom is -0.448 e. The molecule has 2 fully saturated rings. The second-order valence-corrected chi connectivity index (χ2v) is 4.16. The standard InChI is InChI=1S/C10H18N2O2.ClH/c13-10(12-8-4-5-8)14-7-9-3-1-2-6-11-9;/h8-9,11H,1-7H2,(H,12,13);1H. The summed E-state index contributed by atoms with van der Waals surface area (Å²) in [5.41, 5.74) is 0. The summed E-state index contributed by atoms with van der Waals surface area (Å²) < 4.78 is 5.12. The van der Waals surface area contributed by atoms with Gasteiger partial charge in [0.05, 0.1) is 0 Å². The van der Waals surface area contributed by atoms with Crippen LogP contribution in [0.3, 0.4) is 0 Å². The molecule has 1 amide bonds. The van der Waals surface area contributed by atoms with Gasteiger partial charge in [0.2, 0.25) is 0 Å². The largest absolute Gasteiger partial charge is 0.448 e. The third-order valence-electron chi connectivity index (χ3n) is 2.73. The Morgan fingerprint density at radius 2 is 2.13 bits per heavy atom. The van der Waals surface area contributed by atoms with Crippen molar-refractivity contribution in [1.82, 2.24) is 10.6 Å². The number of halogens is 1. The monoisotopic (exact) mass is 234 g/mol. The van der Waals surface area contributed by atoms with E-state index in [1.807, 2.05) is 0 Å².